The number of aromatic nitrogens is 2. The first kappa shape index (κ1) is 24.0. The minimum atomic E-state index is 0.454. The van der Waals surface area contributed by atoms with Crippen LogP contribution in [0.25, 0.3) is 11.4 Å². The van der Waals surface area contributed by atoms with Crippen LogP contribution in [-0.4, -0.2) is 76.0 Å². The second-order valence-electron chi connectivity index (χ2n) is 6.07. The topological polar surface area (TPSA) is 81.2 Å². The number of rotatable bonds is 17. The summed E-state index contributed by atoms with van der Waals surface area (Å²) in [6, 6.07) is 7.32. The average molecular weight is 421 g/mol. The lowest BCUT2D eigenvalue weighted by molar-refractivity contribution is 0.0404. The predicted molar refractivity (Wildman–Crippen MR) is 113 cm³/mol. The predicted octanol–water partition coefficient (Wildman–Crippen LogP) is 3.01. The monoisotopic (exact) mass is 420 g/mol. The maximum Gasteiger partial charge on any atom is 0.123 e. The van der Waals surface area contributed by atoms with Crippen molar-refractivity contribution in [1.29, 1.82) is 0 Å². The van der Waals surface area contributed by atoms with Gasteiger partial charge in [0.15, 0.2) is 0 Å². The first-order valence-corrected chi connectivity index (χ1v) is 10.3. The molecule has 0 aliphatic carbocycles. The van der Waals surface area contributed by atoms with E-state index in [0.29, 0.717) is 89.0 Å². The van der Waals surface area contributed by atoms with E-state index in [9.17, 15) is 0 Å². The van der Waals surface area contributed by atoms with Crippen LogP contribution in [-0.2, 0) is 18.9 Å². The third kappa shape index (κ3) is 9.98. The Bertz CT molecular complexity index is 641. The zero-order valence-corrected chi connectivity index (χ0v) is 17.9. The number of ether oxygens (including phenoxy) is 6. The molecule has 0 aliphatic rings. The highest BCUT2D eigenvalue weighted by Gasteiger charge is 2.05. The summed E-state index contributed by atoms with van der Waals surface area (Å²) in [5, 5.41) is 0. The lowest BCUT2D eigenvalue weighted by atomic mass is 10.2. The van der Waals surface area contributed by atoms with E-state index >= 15 is 0 Å². The normalized spacial score (nSPS) is 10.9. The van der Waals surface area contributed by atoms with Gasteiger partial charge in [0.25, 0.3) is 0 Å². The SMILES string of the molecule is CCOCCOCCOc1ccnc(-c2cc(OCCOCCOCC)ccn2)c1. The van der Waals surface area contributed by atoms with Gasteiger partial charge in [-0.15, -0.1) is 0 Å². The molecule has 0 aromatic carbocycles. The summed E-state index contributed by atoms with van der Waals surface area (Å²) in [4.78, 5) is 8.77. The molecule has 2 aromatic rings. The fourth-order valence-corrected chi connectivity index (χ4v) is 2.45. The zero-order chi connectivity index (χ0) is 21.3. The van der Waals surface area contributed by atoms with Crippen molar-refractivity contribution in [3.8, 4) is 22.9 Å². The van der Waals surface area contributed by atoms with Crippen LogP contribution in [0, 0.1) is 0 Å². The van der Waals surface area contributed by atoms with Crippen LogP contribution >= 0.6 is 0 Å². The molecule has 166 valence electrons. The van der Waals surface area contributed by atoms with Gasteiger partial charge < -0.3 is 28.4 Å². The second-order valence-corrected chi connectivity index (χ2v) is 6.07. The lowest BCUT2D eigenvalue weighted by Gasteiger charge is -2.10. The Morgan fingerprint density at radius 3 is 1.40 bits per heavy atom. The zero-order valence-electron chi connectivity index (χ0n) is 17.9. The Morgan fingerprint density at radius 2 is 0.967 bits per heavy atom. The van der Waals surface area contributed by atoms with Crippen LogP contribution in [0.15, 0.2) is 36.7 Å². The van der Waals surface area contributed by atoms with E-state index in [1.54, 1.807) is 12.4 Å². The van der Waals surface area contributed by atoms with E-state index in [0.717, 1.165) is 0 Å². The minimum absolute atomic E-state index is 0.454. The Balaban J connectivity index is 1.76. The molecule has 0 spiro atoms. The van der Waals surface area contributed by atoms with Gasteiger partial charge in [0.2, 0.25) is 0 Å². The highest BCUT2D eigenvalue weighted by atomic mass is 16.5. The van der Waals surface area contributed by atoms with Gasteiger partial charge in [0.1, 0.15) is 24.7 Å². The quantitative estimate of drug-likeness (QED) is 0.361. The van der Waals surface area contributed by atoms with Gasteiger partial charge in [0.05, 0.1) is 51.0 Å². The van der Waals surface area contributed by atoms with Gasteiger partial charge in [-0.3, -0.25) is 9.97 Å². The standard InChI is InChI=1S/C22H32N2O6/c1-3-25-9-11-27-13-15-29-19-5-7-23-21(17-19)22-18-20(6-8-24-22)30-16-14-28-12-10-26-4-2/h5-8,17-18H,3-4,9-16H2,1-2H3. The molecule has 0 fully saturated rings. The molecule has 0 saturated heterocycles. The van der Waals surface area contributed by atoms with Crippen molar-refractivity contribution >= 4 is 0 Å². The third-order valence-electron chi connectivity index (χ3n) is 3.87. The molecule has 0 N–H and O–H groups in total. The van der Waals surface area contributed by atoms with Crippen molar-refractivity contribution in [1.82, 2.24) is 9.97 Å². The first-order chi connectivity index (χ1) is 14.8. The van der Waals surface area contributed by atoms with Crippen LogP contribution in [0.5, 0.6) is 11.5 Å². The number of pyridine rings is 2. The number of nitrogens with zero attached hydrogens (tertiary/aromatic N) is 2. The van der Waals surface area contributed by atoms with E-state index in [1.165, 1.54) is 0 Å². The van der Waals surface area contributed by atoms with Crippen molar-refractivity contribution in [3.05, 3.63) is 36.7 Å². The van der Waals surface area contributed by atoms with E-state index in [-0.39, 0.29) is 0 Å². The minimum Gasteiger partial charge on any atom is -0.491 e. The van der Waals surface area contributed by atoms with Gasteiger partial charge >= 0.3 is 0 Å². The van der Waals surface area contributed by atoms with Crippen molar-refractivity contribution in [2.75, 3.05) is 66.1 Å². The molecule has 0 aliphatic heterocycles. The molecule has 0 bridgehead atoms. The first-order valence-electron chi connectivity index (χ1n) is 10.3. The van der Waals surface area contributed by atoms with Gasteiger partial charge in [-0.1, -0.05) is 0 Å². The maximum atomic E-state index is 5.73. The van der Waals surface area contributed by atoms with Crippen molar-refractivity contribution in [2.45, 2.75) is 13.8 Å². The summed E-state index contributed by atoms with van der Waals surface area (Å²) in [5.74, 6) is 1.42. The highest BCUT2D eigenvalue weighted by molar-refractivity contribution is 5.57. The van der Waals surface area contributed by atoms with E-state index in [1.807, 2.05) is 38.1 Å². The summed E-state index contributed by atoms with van der Waals surface area (Å²) >= 11 is 0. The van der Waals surface area contributed by atoms with Gasteiger partial charge in [-0.2, -0.15) is 0 Å². The van der Waals surface area contributed by atoms with Crippen molar-refractivity contribution in [3.63, 3.8) is 0 Å². The molecule has 2 heterocycles. The third-order valence-corrected chi connectivity index (χ3v) is 3.87. The molecular formula is C22H32N2O6. The molecule has 0 amide bonds. The maximum absolute atomic E-state index is 5.73. The molecule has 0 atom stereocenters. The number of hydrogen-bond donors (Lipinski definition) is 0. The van der Waals surface area contributed by atoms with Crippen LogP contribution < -0.4 is 9.47 Å². The lowest BCUT2D eigenvalue weighted by Crippen LogP contribution is -2.11. The fourth-order valence-electron chi connectivity index (χ4n) is 2.45. The average Bonchev–Trinajstić information content (AvgIpc) is 2.78. The summed E-state index contributed by atoms with van der Waals surface area (Å²) in [7, 11) is 0. The smallest absolute Gasteiger partial charge is 0.123 e. The Morgan fingerprint density at radius 1 is 0.567 bits per heavy atom. The number of hydrogen-bond acceptors (Lipinski definition) is 8. The van der Waals surface area contributed by atoms with Gasteiger partial charge in [-0.25, -0.2) is 0 Å². The van der Waals surface area contributed by atoms with Crippen LogP contribution in [0.3, 0.4) is 0 Å². The molecule has 8 nitrogen and oxygen atoms in total. The summed E-state index contributed by atoms with van der Waals surface area (Å²) in [6.07, 6.45) is 3.39. The highest BCUT2D eigenvalue weighted by Crippen LogP contribution is 2.23. The Kier molecular flexibility index (Phi) is 12.5. The van der Waals surface area contributed by atoms with E-state index in [2.05, 4.69) is 9.97 Å². The molecular weight excluding hydrogens is 388 g/mol. The molecule has 30 heavy (non-hydrogen) atoms. The molecule has 0 saturated carbocycles. The van der Waals surface area contributed by atoms with Crippen LogP contribution in [0.4, 0.5) is 0 Å². The molecule has 2 aromatic heterocycles. The van der Waals surface area contributed by atoms with Gasteiger partial charge in [-0.05, 0) is 26.0 Å². The van der Waals surface area contributed by atoms with E-state index in [4.69, 9.17) is 28.4 Å². The second kappa shape index (κ2) is 15.6. The Labute approximate surface area is 178 Å². The van der Waals surface area contributed by atoms with Crippen molar-refractivity contribution in [2.24, 2.45) is 0 Å². The molecule has 2 rings (SSSR count). The van der Waals surface area contributed by atoms with Crippen LogP contribution in [0.1, 0.15) is 13.8 Å². The van der Waals surface area contributed by atoms with E-state index < -0.39 is 0 Å². The molecule has 0 radical (unpaired) electrons. The summed E-state index contributed by atoms with van der Waals surface area (Å²) in [6.45, 7) is 9.54. The fraction of sp³-hybridized carbons (Fsp3) is 0.545. The largest absolute Gasteiger partial charge is 0.491 e. The molecule has 8 heteroatoms. The van der Waals surface area contributed by atoms with Crippen molar-refractivity contribution < 1.29 is 28.4 Å². The van der Waals surface area contributed by atoms with Gasteiger partial charge in [0, 0.05) is 37.7 Å². The summed E-state index contributed by atoms with van der Waals surface area (Å²) < 4.78 is 32.8. The molecule has 0 unspecified atom stereocenters. The Hall–Kier alpha value is -2.26. The van der Waals surface area contributed by atoms with Crippen LogP contribution in [0.2, 0.25) is 0 Å². The summed E-state index contributed by atoms with van der Waals surface area (Å²) in [5.41, 5.74) is 1.42.